The van der Waals surface area contributed by atoms with Gasteiger partial charge < -0.3 is 14.2 Å². The van der Waals surface area contributed by atoms with E-state index in [-0.39, 0.29) is 18.2 Å². The SMILES string of the molecule is Cc1cn(-c2ccc(Cc3cc(C4CC4)cn([C@@H](CO)c4ccc(C)s4)c3=O)cc2C)cn1. The third kappa shape index (κ3) is 4.45. The topological polar surface area (TPSA) is 60.0 Å². The number of rotatable bonds is 7. The van der Waals surface area contributed by atoms with Gasteiger partial charge in [-0.05, 0) is 80.5 Å². The standard InChI is InChI=1S/C27H29N3O2S/c1-17-10-20(5-8-24(17)29-13-18(2)28-16-29)11-22-12-23(21-6-7-21)14-30(27(22)32)25(15-31)26-9-4-19(3)33-26/h4-5,8-10,12-14,16,21,25,31H,6-7,11,15H2,1-3H3/t25-/m0/s1. The molecular formula is C27H29N3O2S. The fourth-order valence-electron chi connectivity index (χ4n) is 4.52. The molecule has 3 heterocycles. The van der Waals surface area contributed by atoms with Gasteiger partial charge in [0.1, 0.15) is 0 Å². The molecule has 3 aromatic heterocycles. The second-order valence-corrected chi connectivity index (χ2v) is 10.5. The van der Waals surface area contributed by atoms with Crippen LogP contribution in [-0.2, 0) is 6.42 Å². The highest BCUT2D eigenvalue weighted by atomic mass is 32.1. The molecule has 0 bridgehead atoms. The number of benzene rings is 1. The van der Waals surface area contributed by atoms with Crippen molar-refractivity contribution in [3.05, 3.63) is 103 Å². The maximum Gasteiger partial charge on any atom is 0.254 e. The van der Waals surface area contributed by atoms with Crippen molar-refractivity contribution in [2.75, 3.05) is 6.61 Å². The molecule has 170 valence electrons. The second-order valence-electron chi connectivity index (χ2n) is 9.15. The highest BCUT2D eigenvalue weighted by molar-refractivity contribution is 7.12. The van der Waals surface area contributed by atoms with E-state index in [0.29, 0.717) is 12.3 Å². The van der Waals surface area contributed by atoms with Crippen molar-refractivity contribution in [2.45, 2.75) is 52.0 Å². The highest BCUT2D eigenvalue weighted by Gasteiger charge is 2.27. The molecule has 5 nitrogen and oxygen atoms in total. The molecular weight excluding hydrogens is 430 g/mol. The minimum Gasteiger partial charge on any atom is -0.394 e. The first-order valence-electron chi connectivity index (χ1n) is 11.5. The Kier molecular flexibility index (Phi) is 5.81. The molecule has 1 atom stereocenters. The average Bonchev–Trinajstić information content (AvgIpc) is 3.42. The van der Waals surface area contributed by atoms with E-state index < -0.39 is 0 Å². The molecule has 0 amide bonds. The molecule has 1 N–H and O–H groups in total. The third-order valence-electron chi connectivity index (χ3n) is 6.43. The number of aliphatic hydroxyl groups is 1. The zero-order valence-corrected chi connectivity index (χ0v) is 20.1. The lowest BCUT2D eigenvalue weighted by Crippen LogP contribution is -2.30. The normalized spacial score (nSPS) is 14.5. The van der Waals surface area contributed by atoms with Crippen LogP contribution in [-0.4, -0.2) is 25.8 Å². The van der Waals surface area contributed by atoms with Gasteiger partial charge in [0.2, 0.25) is 0 Å². The van der Waals surface area contributed by atoms with Gasteiger partial charge in [-0.1, -0.05) is 12.1 Å². The van der Waals surface area contributed by atoms with E-state index in [0.717, 1.165) is 45.8 Å². The predicted octanol–water partition coefficient (Wildman–Crippen LogP) is 5.07. The van der Waals surface area contributed by atoms with Crippen LogP contribution >= 0.6 is 11.3 Å². The maximum absolute atomic E-state index is 13.6. The summed E-state index contributed by atoms with van der Waals surface area (Å²) < 4.78 is 3.80. The number of aryl methyl sites for hydroxylation is 3. The largest absolute Gasteiger partial charge is 0.394 e. The predicted molar refractivity (Wildman–Crippen MR) is 133 cm³/mol. The van der Waals surface area contributed by atoms with Crippen molar-refractivity contribution in [3.63, 3.8) is 0 Å². The molecule has 4 aromatic rings. The van der Waals surface area contributed by atoms with Crippen LogP contribution in [0.2, 0.25) is 0 Å². The zero-order chi connectivity index (χ0) is 23.1. The molecule has 5 rings (SSSR count). The lowest BCUT2D eigenvalue weighted by Gasteiger charge is -2.19. The lowest BCUT2D eigenvalue weighted by molar-refractivity contribution is 0.248. The van der Waals surface area contributed by atoms with Crippen molar-refractivity contribution < 1.29 is 5.11 Å². The van der Waals surface area contributed by atoms with E-state index in [2.05, 4.69) is 43.1 Å². The molecule has 0 spiro atoms. The molecule has 1 aliphatic carbocycles. The van der Waals surface area contributed by atoms with Gasteiger partial charge in [-0.2, -0.15) is 0 Å². The smallest absolute Gasteiger partial charge is 0.254 e. The summed E-state index contributed by atoms with van der Waals surface area (Å²) in [7, 11) is 0. The summed E-state index contributed by atoms with van der Waals surface area (Å²) in [6, 6.07) is 12.2. The van der Waals surface area contributed by atoms with E-state index in [9.17, 15) is 9.90 Å². The Hall–Kier alpha value is -2.96. The van der Waals surface area contributed by atoms with E-state index in [4.69, 9.17) is 0 Å². The van der Waals surface area contributed by atoms with Crippen LogP contribution in [0.25, 0.3) is 5.69 Å². The minimum atomic E-state index is -0.345. The fourth-order valence-corrected chi connectivity index (χ4v) is 5.49. The monoisotopic (exact) mass is 459 g/mol. The first-order chi connectivity index (χ1) is 15.9. The molecule has 1 aromatic carbocycles. The number of aromatic nitrogens is 3. The van der Waals surface area contributed by atoms with Gasteiger partial charge in [0.25, 0.3) is 5.56 Å². The molecule has 0 aliphatic heterocycles. The number of imidazole rings is 1. The summed E-state index contributed by atoms with van der Waals surface area (Å²) in [5.74, 6) is 0.522. The number of hydrogen-bond acceptors (Lipinski definition) is 4. The Morgan fingerprint density at radius 3 is 2.55 bits per heavy atom. The number of nitrogens with zero attached hydrogens (tertiary/aromatic N) is 3. The van der Waals surface area contributed by atoms with Crippen molar-refractivity contribution in [3.8, 4) is 5.69 Å². The average molecular weight is 460 g/mol. The molecule has 6 heteroatoms. The van der Waals surface area contributed by atoms with Gasteiger partial charge >= 0.3 is 0 Å². The summed E-state index contributed by atoms with van der Waals surface area (Å²) in [5.41, 5.74) is 6.31. The quantitative estimate of drug-likeness (QED) is 0.420. The van der Waals surface area contributed by atoms with E-state index in [1.165, 1.54) is 10.4 Å². The summed E-state index contributed by atoms with van der Waals surface area (Å²) in [6.07, 6.45) is 8.73. The van der Waals surface area contributed by atoms with Crippen LogP contribution in [0, 0.1) is 20.8 Å². The number of aliphatic hydroxyl groups excluding tert-OH is 1. The van der Waals surface area contributed by atoms with Crippen LogP contribution in [0.3, 0.4) is 0 Å². The summed E-state index contributed by atoms with van der Waals surface area (Å²) in [6.45, 7) is 6.03. The van der Waals surface area contributed by atoms with Crippen LogP contribution in [0.5, 0.6) is 0 Å². The molecule has 0 unspecified atom stereocenters. The Labute approximate surface area is 198 Å². The first kappa shape index (κ1) is 21.9. The van der Waals surface area contributed by atoms with E-state index in [1.807, 2.05) is 42.3 Å². The Morgan fingerprint density at radius 1 is 1.12 bits per heavy atom. The molecule has 0 radical (unpaired) electrons. The first-order valence-corrected chi connectivity index (χ1v) is 12.3. The van der Waals surface area contributed by atoms with E-state index >= 15 is 0 Å². The highest BCUT2D eigenvalue weighted by Crippen LogP contribution is 2.40. The molecule has 33 heavy (non-hydrogen) atoms. The number of pyridine rings is 1. The van der Waals surface area contributed by atoms with Gasteiger partial charge in [0.05, 0.1) is 24.7 Å². The van der Waals surface area contributed by atoms with Gasteiger partial charge in [-0.25, -0.2) is 4.98 Å². The lowest BCUT2D eigenvalue weighted by atomic mass is 10.0. The molecule has 1 saturated carbocycles. The van der Waals surface area contributed by atoms with Crippen LogP contribution in [0.15, 0.2) is 59.9 Å². The van der Waals surface area contributed by atoms with E-state index in [1.54, 1.807) is 15.9 Å². The van der Waals surface area contributed by atoms with Gasteiger partial charge in [0.15, 0.2) is 0 Å². The molecule has 1 aliphatic rings. The van der Waals surface area contributed by atoms with Crippen LogP contribution in [0.1, 0.15) is 62.5 Å². The zero-order valence-electron chi connectivity index (χ0n) is 19.3. The van der Waals surface area contributed by atoms with Gasteiger partial charge in [-0.15, -0.1) is 11.3 Å². The fraction of sp³-hybridized carbons (Fsp3) is 0.333. The van der Waals surface area contributed by atoms with Crippen molar-refractivity contribution in [1.82, 2.24) is 14.1 Å². The van der Waals surface area contributed by atoms with Crippen molar-refractivity contribution in [2.24, 2.45) is 0 Å². The van der Waals surface area contributed by atoms with Crippen LogP contribution in [0.4, 0.5) is 0 Å². The van der Waals surface area contributed by atoms with Crippen molar-refractivity contribution in [1.29, 1.82) is 0 Å². The third-order valence-corrected chi connectivity index (χ3v) is 7.53. The minimum absolute atomic E-state index is 0.0172. The second kappa shape index (κ2) is 8.76. The van der Waals surface area contributed by atoms with Gasteiger partial charge in [-0.3, -0.25) is 4.79 Å². The number of hydrogen-bond donors (Lipinski definition) is 1. The molecule has 0 saturated heterocycles. The Morgan fingerprint density at radius 2 is 1.94 bits per heavy atom. The molecule has 1 fully saturated rings. The maximum atomic E-state index is 13.6. The van der Waals surface area contributed by atoms with Crippen molar-refractivity contribution >= 4 is 11.3 Å². The Balaban J connectivity index is 1.52. The summed E-state index contributed by atoms with van der Waals surface area (Å²) >= 11 is 1.64. The Bertz CT molecular complexity index is 1360. The van der Waals surface area contributed by atoms with Gasteiger partial charge in [0, 0.05) is 39.8 Å². The van der Waals surface area contributed by atoms with Crippen LogP contribution < -0.4 is 5.56 Å². The summed E-state index contributed by atoms with van der Waals surface area (Å²) in [5, 5.41) is 10.2. The number of thiophene rings is 1. The summed E-state index contributed by atoms with van der Waals surface area (Å²) in [4.78, 5) is 20.1.